The fourth-order valence-corrected chi connectivity index (χ4v) is 3.68. The number of amides is 1. The van der Waals surface area contributed by atoms with Crippen LogP contribution in [0.4, 0.5) is 0 Å². The van der Waals surface area contributed by atoms with Gasteiger partial charge >= 0.3 is 0 Å². The molecule has 0 aliphatic heterocycles. The van der Waals surface area contributed by atoms with Gasteiger partial charge in [0.2, 0.25) is 0 Å². The molecule has 1 amide bonds. The van der Waals surface area contributed by atoms with Crippen molar-refractivity contribution in [1.29, 1.82) is 0 Å². The molecule has 3 rings (SSSR count). The van der Waals surface area contributed by atoms with Gasteiger partial charge in [-0.25, -0.2) is 0 Å². The van der Waals surface area contributed by atoms with Gasteiger partial charge < -0.3 is 5.32 Å². The first-order valence-corrected chi connectivity index (χ1v) is 9.94. The van der Waals surface area contributed by atoms with Crippen molar-refractivity contribution in [2.75, 3.05) is 0 Å². The molecule has 0 heterocycles. The third kappa shape index (κ3) is 5.24. The lowest BCUT2D eigenvalue weighted by atomic mass is 10.1. The van der Waals surface area contributed by atoms with E-state index in [0.29, 0.717) is 5.56 Å². The van der Waals surface area contributed by atoms with Gasteiger partial charge in [-0.2, -0.15) is 11.8 Å². The molecule has 0 bridgehead atoms. The number of carbonyl (C=O) groups is 1. The number of benzene rings is 3. The minimum absolute atomic E-state index is 0.00944. The maximum atomic E-state index is 12.4. The molecule has 26 heavy (non-hydrogen) atoms. The van der Waals surface area contributed by atoms with E-state index in [-0.39, 0.29) is 11.9 Å². The molecule has 3 heteroatoms. The predicted octanol–water partition coefficient (Wildman–Crippen LogP) is 5.61. The SMILES string of the molecule is C[C@H](NC(=O)c1ccc(CSCc2ccccc2)cc1)c1ccccc1. The van der Waals surface area contributed by atoms with Crippen LogP contribution in [-0.4, -0.2) is 5.91 Å². The molecular weight excluding hydrogens is 338 g/mol. The van der Waals surface area contributed by atoms with Crippen molar-refractivity contribution in [2.45, 2.75) is 24.5 Å². The summed E-state index contributed by atoms with van der Waals surface area (Å²) in [5.41, 5.74) is 4.38. The van der Waals surface area contributed by atoms with Gasteiger partial charge in [0.05, 0.1) is 6.04 Å². The second-order valence-corrected chi connectivity index (χ2v) is 7.27. The van der Waals surface area contributed by atoms with E-state index < -0.39 is 0 Å². The van der Waals surface area contributed by atoms with Crippen molar-refractivity contribution < 1.29 is 4.79 Å². The highest BCUT2D eigenvalue weighted by molar-refractivity contribution is 7.97. The van der Waals surface area contributed by atoms with Crippen LogP contribution in [0.5, 0.6) is 0 Å². The van der Waals surface area contributed by atoms with E-state index in [4.69, 9.17) is 0 Å². The van der Waals surface area contributed by atoms with Gasteiger partial charge in [0, 0.05) is 17.1 Å². The number of hydrogen-bond donors (Lipinski definition) is 1. The number of carbonyl (C=O) groups excluding carboxylic acids is 1. The highest BCUT2D eigenvalue weighted by Crippen LogP contribution is 2.18. The molecule has 0 aromatic heterocycles. The third-order valence-corrected chi connectivity index (χ3v) is 5.32. The van der Waals surface area contributed by atoms with E-state index in [0.717, 1.165) is 17.1 Å². The Kier molecular flexibility index (Phi) is 6.50. The minimum atomic E-state index is -0.0372. The Labute approximate surface area is 159 Å². The predicted molar refractivity (Wildman–Crippen MR) is 110 cm³/mol. The average Bonchev–Trinajstić information content (AvgIpc) is 2.70. The average molecular weight is 362 g/mol. The molecule has 3 aromatic rings. The molecule has 0 saturated heterocycles. The van der Waals surface area contributed by atoms with Gasteiger partial charge in [0.25, 0.3) is 5.91 Å². The summed E-state index contributed by atoms with van der Waals surface area (Å²) >= 11 is 1.88. The highest BCUT2D eigenvalue weighted by atomic mass is 32.2. The van der Waals surface area contributed by atoms with E-state index in [1.165, 1.54) is 11.1 Å². The summed E-state index contributed by atoms with van der Waals surface area (Å²) in [7, 11) is 0. The zero-order valence-electron chi connectivity index (χ0n) is 14.9. The first kappa shape index (κ1) is 18.3. The van der Waals surface area contributed by atoms with Gasteiger partial charge in [0.1, 0.15) is 0 Å². The van der Waals surface area contributed by atoms with Gasteiger partial charge in [0.15, 0.2) is 0 Å². The summed E-state index contributed by atoms with van der Waals surface area (Å²) in [6.45, 7) is 2.00. The molecule has 3 aromatic carbocycles. The molecule has 2 nitrogen and oxygen atoms in total. The standard InChI is InChI=1S/C23H23NOS/c1-18(21-10-6-3-7-11-21)24-23(25)22-14-12-20(13-15-22)17-26-16-19-8-4-2-5-9-19/h2-15,18H,16-17H2,1H3,(H,24,25)/t18-/m0/s1. The quantitative estimate of drug-likeness (QED) is 0.592. The van der Waals surface area contributed by atoms with Crippen LogP contribution in [0.2, 0.25) is 0 Å². The second kappa shape index (κ2) is 9.25. The Morgan fingerprint density at radius 1 is 0.808 bits per heavy atom. The first-order chi connectivity index (χ1) is 12.7. The summed E-state index contributed by atoms with van der Waals surface area (Å²) in [5, 5.41) is 3.05. The lowest BCUT2D eigenvalue weighted by Gasteiger charge is -2.14. The van der Waals surface area contributed by atoms with Crippen LogP contribution in [0.15, 0.2) is 84.9 Å². The number of hydrogen-bond acceptors (Lipinski definition) is 2. The lowest BCUT2D eigenvalue weighted by Crippen LogP contribution is -2.26. The van der Waals surface area contributed by atoms with Crippen LogP contribution in [0.1, 0.15) is 40.0 Å². The molecule has 0 unspecified atom stereocenters. The van der Waals surface area contributed by atoms with Crippen LogP contribution in [0, 0.1) is 0 Å². The van der Waals surface area contributed by atoms with E-state index >= 15 is 0 Å². The number of thioether (sulfide) groups is 1. The summed E-state index contributed by atoms with van der Waals surface area (Å²) in [5.74, 6) is 1.90. The van der Waals surface area contributed by atoms with E-state index in [9.17, 15) is 4.79 Å². The fraction of sp³-hybridized carbons (Fsp3) is 0.174. The highest BCUT2D eigenvalue weighted by Gasteiger charge is 2.11. The molecule has 132 valence electrons. The normalized spacial score (nSPS) is 11.7. The topological polar surface area (TPSA) is 29.1 Å². The summed E-state index contributed by atoms with van der Waals surface area (Å²) in [6, 6.07) is 28.4. The van der Waals surface area contributed by atoms with Crippen molar-refractivity contribution in [2.24, 2.45) is 0 Å². The number of nitrogens with one attached hydrogen (secondary N) is 1. The smallest absolute Gasteiger partial charge is 0.251 e. The van der Waals surface area contributed by atoms with Gasteiger partial charge in [-0.1, -0.05) is 72.8 Å². The van der Waals surface area contributed by atoms with Crippen molar-refractivity contribution in [3.63, 3.8) is 0 Å². The Hall–Kier alpha value is -2.52. The summed E-state index contributed by atoms with van der Waals surface area (Å²) in [4.78, 5) is 12.4. The zero-order valence-corrected chi connectivity index (χ0v) is 15.7. The molecule has 0 aliphatic rings. The monoisotopic (exact) mass is 361 g/mol. The Morgan fingerprint density at radius 3 is 1.96 bits per heavy atom. The first-order valence-electron chi connectivity index (χ1n) is 8.79. The van der Waals surface area contributed by atoms with Crippen molar-refractivity contribution in [3.05, 3.63) is 107 Å². The Balaban J connectivity index is 1.51. The number of rotatable bonds is 7. The fourth-order valence-electron chi connectivity index (χ4n) is 2.72. The molecule has 0 fully saturated rings. The molecule has 0 spiro atoms. The molecule has 0 saturated carbocycles. The maximum absolute atomic E-state index is 12.4. The van der Waals surface area contributed by atoms with Crippen molar-refractivity contribution in [3.8, 4) is 0 Å². The third-order valence-electron chi connectivity index (χ3n) is 4.24. The molecule has 0 radical (unpaired) electrons. The summed E-state index contributed by atoms with van der Waals surface area (Å²) < 4.78 is 0. The molecule has 1 N–H and O–H groups in total. The van der Waals surface area contributed by atoms with E-state index in [1.54, 1.807) is 0 Å². The van der Waals surface area contributed by atoms with Crippen molar-refractivity contribution in [1.82, 2.24) is 5.32 Å². The Morgan fingerprint density at radius 2 is 1.35 bits per heavy atom. The molecule has 1 atom stereocenters. The van der Waals surface area contributed by atoms with E-state index in [1.807, 2.05) is 79.3 Å². The van der Waals surface area contributed by atoms with Crippen molar-refractivity contribution >= 4 is 17.7 Å². The minimum Gasteiger partial charge on any atom is -0.346 e. The zero-order chi connectivity index (χ0) is 18.2. The summed E-state index contributed by atoms with van der Waals surface area (Å²) in [6.07, 6.45) is 0. The largest absolute Gasteiger partial charge is 0.346 e. The molecular formula is C23H23NOS. The second-order valence-electron chi connectivity index (χ2n) is 6.28. The van der Waals surface area contributed by atoms with Crippen LogP contribution in [0.3, 0.4) is 0 Å². The van der Waals surface area contributed by atoms with Gasteiger partial charge in [-0.15, -0.1) is 0 Å². The molecule has 0 aliphatic carbocycles. The lowest BCUT2D eigenvalue weighted by molar-refractivity contribution is 0.0940. The van der Waals surface area contributed by atoms with Gasteiger partial charge in [-0.3, -0.25) is 4.79 Å². The maximum Gasteiger partial charge on any atom is 0.251 e. The van der Waals surface area contributed by atoms with Crippen LogP contribution < -0.4 is 5.32 Å². The van der Waals surface area contributed by atoms with Gasteiger partial charge in [-0.05, 0) is 35.7 Å². The van der Waals surface area contributed by atoms with Crippen LogP contribution >= 0.6 is 11.8 Å². The van der Waals surface area contributed by atoms with Crippen LogP contribution in [-0.2, 0) is 11.5 Å². The Bertz CT molecular complexity index is 816. The van der Waals surface area contributed by atoms with E-state index in [2.05, 4.69) is 29.6 Å². The van der Waals surface area contributed by atoms with Crippen LogP contribution in [0.25, 0.3) is 0 Å².